The smallest absolute Gasteiger partial charge is 0.179 e. The fraction of sp³-hybridized carbons (Fsp3) is 0.538. The number of benzene rings is 1. The molecule has 2 rings (SSSR count). The van der Waals surface area contributed by atoms with Crippen molar-refractivity contribution in [1.82, 2.24) is 0 Å². The lowest BCUT2D eigenvalue weighted by atomic mass is 9.69. The van der Waals surface area contributed by atoms with Crippen LogP contribution in [-0.2, 0) is 9.84 Å². The van der Waals surface area contributed by atoms with Gasteiger partial charge in [0, 0.05) is 6.26 Å². The van der Waals surface area contributed by atoms with E-state index in [-0.39, 0.29) is 22.8 Å². The van der Waals surface area contributed by atoms with Crippen molar-refractivity contribution in [1.29, 1.82) is 0 Å². The number of aliphatic hydroxyl groups excluding tert-OH is 1. The van der Waals surface area contributed by atoms with Gasteiger partial charge in [0.05, 0.1) is 13.2 Å². The van der Waals surface area contributed by atoms with Crippen LogP contribution in [0.3, 0.4) is 0 Å². The summed E-state index contributed by atoms with van der Waals surface area (Å²) >= 11 is 0. The van der Waals surface area contributed by atoms with Crippen molar-refractivity contribution in [2.24, 2.45) is 5.92 Å². The van der Waals surface area contributed by atoms with Crippen LogP contribution < -0.4 is 4.74 Å². The highest BCUT2D eigenvalue weighted by Gasteiger charge is 2.37. The molecule has 0 heterocycles. The molecule has 0 bridgehead atoms. The Balaban J connectivity index is 2.37. The highest BCUT2D eigenvalue weighted by atomic mass is 32.2. The van der Waals surface area contributed by atoms with Crippen molar-refractivity contribution in [2.75, 3.05) is 13.4 Å². The van der Waals surface area contributed by atoms with Gasteiger partial charge in [0.15, 0.2) is 9.84 Å². The van der Waals surface area contributed by atoms with Crippen molar-refractivity contribution in [3.63, 3.8) is 0 Å². The van der Waals surface area contributed by atoms with Gasteiger partial charge in [0.1, 0.15) is 10.6 Å². The first-order valence-corrected chi connectivity index (χ1v) is 7.79. The fourth-order valence-electron chi connectivity index (χ4n) is 2.42. The minimum atomic E-state index is -3.28. The molecule has 18 heavy (non-hydrogen) atoms. The predicted octanol–water partition coefficient (Wildman–Crippen LogP) is 1.58. The molecule has 5 heteroatoms. The lowest BCUT2D eigenvalue weighted by Crippen LogP contribution is -2.37. The van der Waals surface area contributed by atoms with E-state index in [2.05, 4.69) is 0 Å². The summed E-state index contributed by atoms with van der Waals surface area (Å²) in [5.41, 5.74) is 1.03. The number of rotatable bonds is 3. The summed E-state index contributed by atoms with van der Waals surface area (Å²) in [6, 6.07) is 5.16. The third-order valence-corrected chi connectivity index (χ3v) is 4.89. The Morgan fingerprint density at radius 2 is 2.06 bits per heavy atom. The van der Waals surface area contributed by atoms with Crippen LogP contribution in [0.25, 0.3) is 0 Å². The average Bonchev–Trinajstić information content (AvgIpc) is 2.33. The SMILES string of the molecule is COc1cc(C2CC(O)C2C)ccc1S(C)(=O)=O. The molecule has 1 aromatic carbocycles. The zero-order valence-corrected chi connectivity index (χ0v) is 11.6. The topological polar surface area (TPSA) is 63.6 Å². The number of ether oxygens (including phenoxy) is 1. The molecule has 1 saturated carbocycles. The second kappa shape index (κ2) is 4.55. The highest BCUT2D eigenvalue weighted by molar-refractivity contribution is 7.90. The molecule has 0 spiro atoms. The largest absolute Gasteiger partial charge is 0.495 e. The minimum absolute atomic E-state index is 0.207. The molecule has 0 aromatic heterocycles. The van der Waals surface area contributed by atoms with Crippen molar-refractivity contribution in [3.05, 3.63) is 23.8 Å². The van der Waals surface area contributed by atoms with E-state index in [1.807, 2.05) is 13.0 Å². The molecule has 4 nitrogen and oxygen atoms in total. The molecule has 3 unspecified atom stereocenters. The maximum Gasteiger partial charge on any atom is 0.179 e. The third-order valence-electron chi connectivity index (χ3n) is 3.75. The van der Waals surface area contributed by atoms with E-state index in [1.54, 1.807) is 12.1 Å². The van der Waals surface area contributed by atoms with Gasteiger partial charge in [0.2, 0.25) is 0 Å². The maximum atomic E-state index is 11.6. The van der Waals surface area contributed by atoms with Crippen molar-refractivity contribution in [3.8, 4) is 5.75 Å². The summed E-state index contributed by atoms with van der Waals surface area (Å²) in [5.74, 6) is 0.866. The summed E-state index contributed by atoms with van der Waals surface area (Å²) < 4.78 is 28.3. The molecule has 0 saturated heterocycles. The highest BCUT2D eigenvalue weighted by Crippen LogP contribution is 2.43. The molecule has 0 radical (unpaired) electrons. The van der Waals surface area contributed by atoms with Crippen LogP contribution in [0, 0.1) is 5.92 Å². The Morgan fingerprint density at radius 1 is 1.39 bits per heavy atom. The Kier molecular flexibility index (Phi) is 3.38. The van der Waals surface area contributed by atoms with Gasteiger partial charge < -0.3 is 9.84 Å². The van der Waals surface area contributed by atoms with Gasteiger partial charge >= 0.3 is 0 Å². The zero-order chi connectivity index (χ0) is 13.5. The summed E-state index contributed by atoms with van der Waals surface area (Å²) in [5, 5.41) is 9.53. The third kappa shape index (κ3) is 2.24. The van der Waals surface area contributed by atoms with Crippen LogP contribution in [0.5, 0.6) is 5.75 Å². The fourth-order valence-corrected chi connectivity index (χ4v) is 3.25. The molecule has 1 aliphatic carbocycles. The Hall–Kier alpha value is -1.07. The molecule has 3 atom stereocenters. The normalized spacial score (nSPS) is 27.7. The molecule has 100 valence electrons. The molecular weight excluding hydrogens is 252 g/mol. The first kappa shape index (κ1) is 13.4. The molecule has 0 aliphatic heterocycles. The van der Waals surface area contributed by atoms with E-state index < -0.39 is 9.84 Å². The zero-order valence-electron chi connectivity index (χ0n) is 10.8. The Morgan fingerprint density at radius 3 is 2.50 bits per heavy atom. The van der Waals surface area contributed by atoms with Gasteiger partial charge in [-0.2, -0.15) is 0 Å². The van der Waals surface area contributed by atoms with Crippen molar-refractivity contribution < 1.29 is 18.3 Å². The summed E-state index contributed by atoms with van der Waals surface area (Å²) in [6.45, 7) is 2.00. The molecule has 0 amide bonds. The maximum absolute atomic E-state index is 11.6. The van der Waals surface area contributed by atoms with Crippen LogP contribution in [0.15, 0.2) is 23.1 Å². The lowest BCUT2D eigenvalue weighted by molar-refractivity contribution is 0.0116. The molecule has 1 fully saturated rings. The van der Waals surface area contributed by atoms with Crippen LogP contribution in [-0.4, -0.2) is 33.0 Å². The van der Waals surface area contributed by atoms with E-state index in [9.17, 15) is 13.5 Å². The monoisotopic (exact) mass is 270 g/mol. The number of sulfone groups is 1. The minimum Gasteiger partial charge on any atom is -0.495 e. The van der Waals surface area contributed by atoms with Gasteiger partial charge in [-0.15, -0.1) is 0 Å². The van der Waals surface area contributed by atoms with E-state index in [0.29, 0.717) is 5.75 Å². The Bertz CT molecular complexity index is 550. The van der Waals surface area contributed by atoms with Gasteiger partial charge in [0.25, 0.3) is 0 Å². The molecule has 1 N–H and O–H groups in total. The van der Waals surface area contributed by atoms with E-state index in [4.69, 9.17) is 4.74 Å². The van der Waals surface area contributed by atoms with Crippen LogP contribution >= 0.6 is 0 Å². The van der Waals surface area contributed by atoms with Gasteiger partial charge in [-0.05, 0) is 36.0 Å². The molecule has 1 aliphatic rings. The standard InChI is InChI=1S/C13H18O4S/c1-8-10(7-11(8)14)9-4-5-13(18(3,15)16)12(6-9)17-2/h4-6,8,10-11,14H,7H2,1-3H3. The molecule has 1 aromatic rings. The first-order chi connectivity index (χ1) is 8.34. The van der Waals surface area contributed by atoms with Gasteiger partial charge in [-0.1, -0.05) is 13.0 Å². The van der Waals surface area contributed by atoms with E-state index in [1.165, 1.54) is 13.4 Å². The summed E-state index contributed by atoms with van der Waals surface area (Å²) in [6.07, 6.45) is 1.64. The quantitative estimate of drug-likeness (QED) is 0.906. The van der Waals surface area contributed by atoms with E-state index >= 15 is 0 Å². The van der Waals surface area contributed by atoms with Crippen molar-refractivity contribution >= 4 is 9.84 Å². The Labute approximate surface area is 108 Å². The van der Waals surface area contributed by atoms with Crippen molar-refractivity contribution in [2.45, 2.75) is 30.3 Å². The average molecular weight is 270 g/mol. The van der Waals surface area contributed by atoms with Gasteiger partial charge in [-0.25, -0.2) is 8.42 Å². The van der Waals surface area contributed by atoms with Gasteiger partial charge in [-0.3, -0.25) is 0 Å². The van der Waals surface area contributed by atoms with Crippen LogP contribution in [0.4, 0.5) is 0 Å². The summed E-state index contributed by atoms with van der Waals surface area (Å²) in [7, 11) is -1.81. The van der Waals surface area contributed by atoms with Crippen LogP contribution in [0.1, 0.15) is 24.8 Å². The van der Waals surface area contributed by atoms with Crippen LogP contribution in [0.2, 0.25) is 0 Å². The predicted molar refractivity (Wildman–Crippen MR) is 68.6 cm³/mol. The summed E-state index contributed by atoms with van der Waals surface area (Å²) in [4.78, 5) is 0.210. The number of methoxy groups -OCH3 is 1. The van der Waals surface area contributed by atoms with E-state index in [0.717, 1.165) is 12.0 Å². The second-order valence-corrected chi connectivity index (χ2v) is 6.94. The first-order valence-electron chi connectivity index (χ1n) is 5.90. The lowest BCUT2D eigenvalue weighted by Gasteiger charge is -2.39. The number of hydrogen-bond donors (Lipinski definition) is 1. The number of hydrogen-bond acceptors (Lipinski definition) is 4. The number of aliphatic hydroxyl groups is 1. The second-order valence-electron chi connectivity index (χ2n) is 4.95. The molecular formula is C13H18O4S.